The van der Waals surface area contributed by atoms with Crippen molar-refractivity contribution in [1.82, 2.24) is 20.0 Å². The molecule has 3 aromatic carbocycles. The van der Waals surface area contributed by atoms with E-state index in [0.29, 0.717) is 29.2 Å². The highest BCUT2D eigenvalue weighted by Gasteiger charge is 2.10. The Kier molecular flexibility index (Phi) is 6.87. The maximum absolute atomic E-state index is 12.5. The van der Waals surface area contributed by atoms with Gasteiger partial charge in [0.25, 0.3) is 15.7 Å². The Morgan fingerprint density at radius 2 is 1.89 bits per heavy atom. The van der Waals surface area contributed by atoms with E-state index in [-0.39, 0.29) is 12.3 Å². The molecule has 0 fully saturated rings. The number of ether oxygens (including phenoxy) is 1. The molecule has 2 heterocycles. The average molecular weight is 531 g/mol. The second-order valence-corrected chi connectivity index (χ2v) is 9.97. The number of sulfonamides is 1. The molecule has 0 bridgehead atoms. The second kappa shape index (κ2) is 10.6. The van der Waals surface area contributed by atoms with Crippen molar-refractivity contribution in [2.24, 2.45) is 0 Å². The number of benzene rings is 3. The minimum atomic E-state index is -3.87. The van der Waals surface area contributed by atoms with Gasteiger partial charge in [0, 0.05) is 29.4 Å². The van der Waals surface area contributed by atoms with E-state index in [1.54, 1.807) is 41.2 Å². The maximum atomic E-state index is 12.5. The summed E-state index contributed by atoms with van der Waals surface area (Å²) < 4.78 is 34.9. The fraction of sp³-hybridized carbons (Fsp3) is 0.0769. The summed E-state index contributed by atoms with van der Waals surface area (Å²) in [6, 6.07) is 22.3. The van der Waals surface area contributed by atoms with E-state index < -0.39 is 14.9 Å². The number of fused-ring (bicyclic) bond motifs is 1. The SMILES string of the molecule is O=[N+]([O-])c1cccc(/C=C/S(=O)(=O)Nc2cccc(OCc3cn(Cc4cc5ccccc5[nH]4)nn3)c2)c1. The number of anilines is 1. The van der Waals surface area contributed by atoms with Gasteiger partial charge in [-0.3, -0.25) is 14.8 Å². The number of para-hydroxylation sites is 1. The highest BCUT2D eigenvalue weighted by molar-refractivity contribution is 7.95. The topological polar surface area (TPSA) is 145 Å². The van der Waals surface area contributed by atoms with Crippen molar-refractivity contribution in [1.29, 1.82) is 0 Å². The molecule has 0 atom stereocenters. The van der Waals surface area contributed by atoms with Crippen LogP contribution in [0.4, 0.5) is 11.4 Å². The third-order valence-electron chi connectivity index (χ3n) is 5.51. The molecule has 0 aliphatic rings. The summed E-state index contributed by atoms with van der Waals surface area (Å²) in [6.45, 7) is 0.679. The molecule has 0 aliphatic heterocycles. The molecule has 2 aromatic heterocycles. The van der Waals surface area contributed by atoms with Crippen molar-refractivity contribution in [3.63, 3.8) is 0 Å². The molecule has 0 spiro atoms. The molecule has 0 radical (unpaired) electrons. The lowest BCUT2D eigenvalue weighted by atomic mass is 10.2. The number of nitro groups is 1. The van der Waals surface area contributed by atoms with Crippen LogP contribution in [-0.2, 0) is 23.2 Å². The molecule has 11 nitrogen and oxygen atoms in total. The van der Waals surface area contributed by atoms with Crippen LogP contribution in [0.1, 0.15) is 17.0 Å². The molecule has 192 valence electrons. The number of nitrogens with one attached hydrogen (secondary N) is 2. The Morgan fingerprint density at radius 3 is 2.74 bits per heavy atom. The highest BCUT2D eigenvalue weighted by Crippen LogP contribution is 2.21. The molecule has 0 unspecified atom stereocenters. The highest BCUT2D eigenvalue weighted by atomic mass is 32.2. The van der Waals surface area contributed by atoms with E-state index in [1.807, 2.05) is 24.3 Å². The standard InChI is InChI=1S/C26H22N6O5S/c33-32(34)24-8-3-5-19(13-24)11-12-38(35,36)29-21-7-4-9-25(15-21)37-18-23-17-31(30-28-23)16-22-14-20-6-1-2-10-26(20)27-22/h1-15,17,27,29H,16,18H2/b12-11+. The Balaban J connectivity index is 1.18. The summed E-state index contributed by atoms with van der Waals surface area (Å²) in [5.41, 5.74) is 3.24. The third-order valence-corrected chi connectivity index (χ3v) is 6.52. The smallest absolute Gasteiger partial charge is 0.270 e. The lowest BCUT2D eigenvalue weighted by Gasteiger charge is -2.08. The minimum Gasteiger partial charge on any atom is -0.487 e. The van der Waals surface area contributed by atoms with Gasteiger partial charge in [-0.05, 0) is 41.3 Å². The van der Waals surface area contributed by atoms with Crippen molar-refractivity contribution in [2.75, 3.05) is 4.72 Å². The maximum Gasteiger partial charge on any atom is 0.270 e. The molecule has 2 N–H and O–H groups in total. The predicted octanol–water partition coefficient (Wildman–Crippen LogP) is 4.71. The van der Waals surface area contributed by atoms with Gasteiger partial charge in [-0.1, -0.05) is 41.6 Å². The first-order valence-electron chi connectivity index (χ1n) is 11.5. The minimum absolute atomic E-state index is 0.125. The lowest BCUT2D eigenvalue weighted by Crippen LogP contribution is -2.09. The number of hydrogen-bond donors (Lipinski definition) is 2. The van der Waals surface area contributed by atoms with Crippen LogP contribution in [0.2, 0.25) is 0 Å². The van der Waals surface area contributed by atoms with Gasteiger partial charge in [-0.15, -0.1) is 5.10 Å². The number of rotatable bonds is 10. The van der Waals surface area contributed by atoms with E-state index in [0.717, 1.165) is 22.0 Å². The van der Waals surface area contributed by atoms with Gasteiger partial charge in [0.2, 0.25) is 0 Å². The Labute approximate surface area is 217 Å². The van der Waals surface area contributed by atoms with Crippen LogP contribution in [-0.4, -0.2) is 33.3 Å². The van der Waals surface area contributed by atoms with Gasteiger partial charge in [0.1, 0.15) is 18.1 Å². The fourth-order valence-corrected chi connectivity index (χ4v) is 4.65. The van der Waals surface area contributed by atoms with Gasteiger partial charge in [-0.25, -0.2) is 13.1 Å². The first kappa shape index (κ1) is 24.7. The quantitative estimate of drug-likeness (QED) is 0.196. The van der Waals surface area contributed by atoms with E-state index in [9.17, 15) is 18.5 Å². The Bertz CT molecular complexity index is 1710. The number of non-ortho nitro benzene ring substituents is 1. The molecule has 5 rings (SSSR count). The summed E-state index contributed by atoms with van der Waals surface area (Å²) >= 11 is 0. The van der Waals surface area contributed by atoms with E-state index in [4.69, 9.17) is 4.74 Å². The van der Waals surface area contributed by atoms with Crippen LogP contribution in [0.25, 0.3) is 17.0 Å². The second-order valence-electron chi connectivity index (χ2n) is 8.41. The number of aromatic amines is 1. The number of nitrogens with zero attached hydrogens (tertiary/aromatic N) is 4. The number of hydrogen-bond acceptors (Lipinski definition) is 7. The molecule has 0 amide bonds. The number of H-pyrrole nitrogens is 1. The molecular formula is C26H22N6O5S. The van der Waals surface area contributed by atoms with Crippen molar-refractivity contribution in [2.45, 2.75) is 13.2 Å². The van der Waals surface area contributed by atoms with Crippen molar-refractivity contribution >= 4 is 38.4 Å². The summed E-state index contributed by atoms with van der Waals surface area (Å²) in [6.07, 6.45) is 3.08. The third kappa shape index (κ3) is 6.23. The number of aromatic nitrogens is 4. The van der Waals surface area contributed by atoms with Gasteiger partial charge < -0.3 is 9.72 Å². The van der Waals surface area contributed by atoms with Gasteiger partial charge in [-0.2, -0.15) is 0 Å². The number of nitro benzene ring substituents is 1. The predicted molar refractivity (Wildman–Crippen MR) is 143 cm³/mol. The van der Waals surface area contributed by atoms with Crippen LogP contribution in [0.3, 0.4) is 0 Å². The molecule has 0 saturated heterocycles. The first-order chi connectivity index (χ1) is 18.3. The Hall–Kier alpha value is -4.97. The van der Waals surface area contributed by atoms with E-state index in [2.05, 4.69) is 26.1 Å². The fourth-order valence-electron chi connectivity index (χ4n) is 3.79. The average Bonchev–Trinajstić information content (AvgIpc) is 3.53. The zero-order chi connectivity index (χ0) is 26.5. The summed E-state index contributed by atoms with van der Waals surface area (Å²) in [4.78, 5) is 13.7. The largest absolute Gasteiger partial charge is 0.487 e. The van der Waals surface area contributed by atoms with Crippen molar-refractivity contribution in [3.8, 4) is 5.75 Å². The Morgan fingerprint density at radius 1 is 1.05 bits per heavy atom. The molecule has 12 heteroatoms. The molecular weight excluding hydrogens is 508 g/mol. The monoisotopic (exact) mass is 530 g/mol. The lowest BCUT2D eigenvalue weighted by molar-refractivity contribution is -0.384. The van der Waals surface area contributed by atoms with Crippen LogP contribution in [0.15, 0.2) is 90.5 Å². The van der Waals surface area contributed by atoms with E-state index in [1.165, 1.54) is 24.3 Å². The molecule has 38 heavy (non-hydrogen) atoms. The first-order valence-corrected chi connectivity index (χ1v) is 13.0. The molecule has 5 aromatic rings. The molecule has 0 aliphatic carbocycles. The van der Waals surface area contributed by atoms with Crippen molar-refractivity contribution in [3.05, 3.63) is 118 Å². The van der Waals surface area contributed by atoms with Crippen LogP contribution in [0.5, 0.6) is 5.75 Å². The van der Waals surface area contributed by atoms with Gasteiger partial charge in [0.05, 0.1) is 28.8 Å². The normalized spacial score (nSPS) is 11.7. The van der Waals surface area contributed by atoms with Crippen LogP contribution >= 0.6 is 0 Å². The molecule has 0 saturated carbocycles. The van der Waals surface area contributed by atoms with Gasteiger partial charge >= 0.3 is 0 Å². The zero-order valence-electron chi connectivity index (χ0n) is 19.9. The van der Waals surface area contributed by atoms with Gasteiger partial charge in [0.15, 0.2) is 0 Å². The van der Waals surface area contributed by atoms with Crippen molar-refractivity contribution < 1.29 is 18.1 Å². The van der Waals surface area contributed by atoms with E-state index >= 15 is 0 Å². The summed E-state index contributed by atoms with van der Waals surface area (Å²) in [5.74, 6) is 0.443. The van der Waals surface area contributed by atoms with Crippen LogP contribution < -0.4 is 9.46 Å². The zero-order valence-corrected chi connectivity index (χ0v) is 20.7. The summed E-state index contributed by atoms with van der Waals surface area (Å²) in [7, 11) is -3.87. The van der Waals surface area contributed by atoms with Crippen LogP contribution in [0, 0.1) is 10.1 Å². The summed E-state index contributed by atoms with van der Waals surface area (Å²) in [5, 5.41) is 21.3.